The molecule has 0 aliphatic rings. The van der Waals surface area contributed by atoms with Crippen LogP contribution in [0.1, 0.15) is 33.1 Å². The van der Waals surface area contributed by atoms with Crippen LogP contribution in [0.5, 0.6) is 0 Å². The number of halogens is 1. The van der Waals surface area contributed by atoms with Crippen LogP contribution in [0.15, 0.2) is 11.2 Å². The fourth-order valence-corrected chi connectivity index (χ4v) is 1.53. The van der Waals surface area contributed by atoms with E-state index in [1.54, 1.807) is 0 Å². The Morgan fingerprint density at radius 1 is 1.50 bits per heavy atom. The van der Waals surface area contributed by atoms with Crippen LogP contribution in [-0.4, -0.2) is 18.3 Å². The van der Waals surface area contributed by atoms with Crippen LogP contribution in [0.4, 0.5) is 4.39 Å². The fourth-order valence-electron chi connectivity index (χ4n) is 0.805. The van der Waals surface area contributed by atoms with Crippen molar-refractivity contribution in [3.8, 4) is 0 Å². The molecule has 0 atom stereocenters. The molecule has 0 radical (unpaired) electrons. The van der Waals surface area contributed by atoms with Gasteiger partial charge >= 0.3 is 5.97 Å². The topological polar surface area (TPSA) is 26.3 Å². The van der Waals surface area contributed by atoms with Crippen molar-refractivity contribution in [3.05, 3.63) is 11.2 Å². The Morgan fingerprint density at radius 2 is 2.21 bits per heavy atom. The molecule has 0 bridgehead atoms. The van der Waals surface area contributed by atoms with E-state index in [1.807, 2.05) is 0 Å². The zero-order chi connectivity index (χ0) is 10.8. The second-order valence-electron chi connectivity index (χ2n) is 2.87. The third-order valence-corrected chi connectivity index (χ3v) is 2.45. The van der Waals surface area contributed by atoms with Gasteiger partial charge in [-0.15, -0.1) is 0 Å². The molecule has 14 heavy (non-hydrogen) atoms. The van der Waals surface area contributed by atoms with E-state index in [2.05, 4.69) is 11.7 Å². The van der Waals surface area contributed by atoms with Crippen molar-refractivity contribution >= 4 is 17.7 Å². The van der Waals surface area contributed by atoms with Crippen LogP contribution < -0.4 is 0 Å². The average molecular weight is 220 g/mol. The molecule has 0 heterocycles. The predicted molar refractivity (Wildman–Crippen MR) is 57.8 cm³/mol. The highest BCUT2D eigenvalue weighted by atomic mass is 32.2. The lowest BCUT2D eigenvalue weighted by atomic mass is 10.3. The number of carbonyl (C=O) groups excluding carboxylic acids is 1. The maximum absolute atomic E-state index is 12.9. The summed E-state index contributed by atoms with van der Waals surface area (Å²) in [5.41, 5.74) is 0. The zero-order valence-corrected chi connectivity index (χ0v) is 9.53. The molecule has 4 heteroatoms. The highest BCUT2D eigenvalue weighted by molar-refractivity contribution is 8.02. The smallest absolute Gasteiger partial charge is 0.302 e. The first-order chi connectivity index (χ1) is 6.66. The normalized spacial score (nSPS) is 11.5. The van der Waals surface area contributed by atoms with Crippen LogP contribution >= 0.6 is 11.8 Å². The molecule has 0 fully saturated rings. The zero-order valence-electron chi connectivity index (χ0n) is 8.72. The fraction of sp³-hybridized carbons (Fsp3) is 0.700. The molecule has 0 rings (SSSR count). The summed E-state index contributed by atoms with van der Waals surface area (Å²) in [5, 5.41) is -0.262. The maximum atomic E-state index is 12.9. The van der Waals surface area contributed by atoms with Crippen molar-refractivity contribution < 1.29 is 13.9 Å². The van der Waals surface area contributed by atoms with E-state index in [-0.39, 0.29) is 17.7 Å². The number of hydrogen-bond donors (Lipinski definition) is 0. The van der Waals surface area contributed by atoms with E-state index in [0.29, 0.717) is 0 Å². The minimum atomic E-state index is -0.384. The van der Waals surface area contributed by atoms with Gasteiger partial charge < -0.3 is 4.74 Å². The Labute approximate surface area is 88.9 Å². The Balaban J connectivity index is 3.42. The average Bonchev–Trinajstić information content (AvgIpc) is 2.12. The van der Waals surface area contributed by atoms with Crippen molar-refractivity contribution in [2.75, 3.05) is 12.4 Å². The quantitative estimate of drug-likeness (QED) is 0.486. The first-order valence-corrected chi connectivity index (χ1v) is 5.77. The molecule has 0 aromatic carbocycles. The third kappa shape index (κ3) is 9.58. The van der Waals surface area contributed by atoms with Crippen LogP contribution in [0, 0.1) is 0 Å². The van der Waals surface area contributed by atoms with Gasteiger partial charge in [0.1, 0.15) is 6.61 Å². The van der Waals surface area contributed by atoms with E-state index < -0.39 is 0 Å². The van der Waals surface area contributed by atoms with Gasteiger partial charge in [0.15, 0.2) is 5.16 Å². The summed E-state index contributed by atoms with van der Waals surface area (Å²) in [6.45, 7) is 3.44. The first-order valence-electron chi connectivity index (χ1n) is 4.78. The predicted octanol–water partition coefficient (Wildman–Crippen LogP) is 3.28. The number of unbranched alkanes of at least 4 members (excludes halogenated alkanes) is 2. The minimum absolute atomic E-state index is 0.0297. The summed E-state index contributed by atoms with van der Waals surface area (Å²) in [5.74, 6) is 0.404. The van der Waals surface area contributed by atoms with Crippen molar-refractivity contribution in [1.29, 1.82) is 0 Å². The summed E-state index contributed by atoms with van der Waals surface area (Å²) in [4.78, 5) is 10.3. The van der Waals surface area contributed by atoms with Crippen LogP contribution in [0.25, 0.3) is 0 Å². The molecule has 82 valence electrons. The van der Waals surface area contributed by atoms with Crippen molar-refractivity contribution in [2.24, 2.45) is 0 Å². The number of thioether (sulfide) groups is 1. The molecule has 0 aromatic heterocycles. The van der Waals surface area contributed by atoms with Gasteiger partial charge in [0.2, 0.25) is 0 Å². The van der Waals surface area contributed by atoms with Gasteiger partial charge in [0, 0.05) is 12.7 Å². The number of ether oxygens (including phenoxy) is 1. The second kappa shape index (κ2) is 9.06. The molecular weight excluding hydrogens is 203 g/mol. The van der Waals surface area contributed by atoms with Gasteiger partial charge in [-0.1, -0.05) is 31.5 Å². The molecule has 0 unspecified atom stereocenters. The third-order valence-electron chi connectivity index (χ3n) is 1.52. The highest BCUT2D eigenvalue weighted by Gasteiger charge is 1.96. The molecule has 0 saturated carbocycles. The van der Waals surface area contributed by atoms with E-state index in [1.165, 1.54) is 24.8 Å². The standard InChI is InChI=1S/C10H17FO2S/c1-3-4-5-8-14-10(11)6-7-13-9(2)12/h6H,3-5,7-8H2,1-2H3. The van der Waals surface area contributed by atoms with Crippen LogP contribution in [-0.2, 0) is 9.53 Å². The first kappa shape index (κ1) is 13.5. The summed E-state index contributed by atoms with van der Waals surface area (Å²) in [6.07, 6.45) is 4.58. The molecule has 0 saturated heterocycles. The van der Waals surface area contributed by atoms with Gasteiger partial charge in [0.05, 0.1) is 0 Å². The summed E-state index contributed by atoms with van der Waals surface area (Å²) < 4.78 is 17.5. The number of esters is 1. The van der Waals surface area contributed by atoms with Gasteiger partial charge in [-0.3, -0.25) is 4.79 Å². The molecule has 0 spiro atoms. The van der Waals surface area contributed by atoms with E-state index in [0.717, 1.165) is 25.0 Å². The van der Waals surface area contributed by atoms with Gasteiger partial charge in [0.25, 0.3) is 0 Å². The second-order valence-corrected chi connectivity index (χ2v) is 3.95. The molecule has 0 N–H and O–H groups in total. The highest BCUT2D eigenvalue weighted by Crippen LogP contribution is 2.18. The van der Waals surface area contributed by atoms with Crippen molar-refractivity contribution in [1.82, 2.24) is 0 Å². The lowest BCUT2D eigenvalue weighted by Gasteiger charge is -1.98. The molecule has 0 aliphatic carbocycles. The molecule has 0 aromatic rings. The number of rotatable bonds is 7. The Hall–Kier alpha value is -0.510. The lowest BCUT2D eigenvalue weighted by Crippen LogP contribution is -1.97. The van der Waals surface area contributed by atoms with E-state index in [9.17, 15) is 9.18 Å². The number of carbonyl (C=O) groups is 1. The molecule has 2 nitrogen and oxygen atoms in total. The van der Waals surface area contributed by atoms with Gasteiger partial charge in [-0.05, 0) is 12.5 Å². The largest absolute Gasteiger partial charge is 0.462 e. The summed E-state index contributed by atoms with van der Waals surface area (Å²) >= 11 is 1.17. The SMILES string of the molecule is CCCCCSC(F)=CCOC(C)=O. The van der Waals surface area contributed by atoms with Gasteiger partial charge in [-0.25, -0.2) is 0 Å². The molecule has 0 aliphatic heterocycles. The van der Waals surface area contributed by atoms with E-state index in [4.69, 9.17) is 0 Å². The van der Waals surface area contributed by atoms with Crippen molar-refractivity contribution in [3.63, 3.8) is 0 Å². The Morgan fingerprint density at radius 3 is 2.79 bits per heavy atom. The van der Waals surface area contributed by atoms with Crippen LogP contribution in [0.3, 0.4) is 0 Å². The minimum Gasteiger partial charge on any atom is -0.462 e. The Kier molecular flexibility index (Phi) is 8.73. The summed E-state index contributed by atoms with van der Waals surface area (Å²) in [6, 6.07) is 0. The number of hydrogen-bond acceptors (Lipinski definition) is 3. The summed E-state index contributed by atoms with van der Waals surface area (Å²) in [7, 11) is 0. The van der Waals surface area contributed by atoms with Crippen LogP contribution in [0.2, 0.25) is 0 Å². The molecular formula is C10H17FO2S. The van der Waals surface area contributed by atoms with Gasteiger partial charge in [-0.2, -0.15) is 4.39 Å². The van der Waals surface area contributed by atoms with Crippen molar-refractivity contribution in [2.45, 2.75) is 33.1 Å². The lowest BCUT2D eigenvalue weighted by molar-refractivity contribution is -0.139. The molecule has 0 amide bonds. The monoisotopic (exact) mass is 220 g/mol. The maximum Gasteiger partial charge on any atom is 0.302 e. The van der Waals surface area contributed by atoms with E-state index >= 15 is 0 Å². The Bertz CT molecular complexity index is 193.